The zero-order valence-corrected chi connectivity index (χ0v) is 13.7. The zero-order valence-electron chi connectivity index (χ0n) is 13.7. The zero-order chi connectivity index (χ0) is 17.8. The second kappa shape index (κ2) is 7.08. The van der Waals surface area contributed by atoms with Crippen LogP contribution in [0, 0.1) is 5.82 Å². The Balaban J connectivity index is 1.77. The molecule has 7 nitrogen and oxygen atoms in total. The van der Waals surface area contributed by atoms with E-state index >= 15 is 0 Å². The predicted octanol–water partition coefficient (Wildman–Crippen LogP) is 2.67. The number of hydrogen-bond donors (Lipinski definition) is 1. The van der Waals surface area contributed by atoms with Crippen LogP contribution in [-0.2, 0) is 7.05 Å². The maximum Gasteiger partial charge on any atom is 0.316 e. The van der Waals surface area contributed by atoms with Gasteiger partial charge in [0.1, 0.15) is 11.5 Å². The third-order valence-electron chi connectivity index (χ3n) is 3.41. The number of carbonyl (C=O) groups is 1. The van der Waals surface area contributed by atoms with Crippen molar-refractivity contribution in [3.8, 4) is 17.3 Å². The SMILES string of the molecule is CCOc1ncc(NC(=O)c2cc(-c3ccc(F)cc3)nn2C)cn1. The molecular weight excluding hydrogens is 325 g/mol. The third kappa shape index (κ3) is 3.79. The van der Waals surface area contributed by atoms with Gasteiger partial charge in [-0.25, -0.2) is 14.4 Å². The summed E-state index contributed by atoms with van der Waals surface area (Å²) in [5, 5.41) is 7.00. The second-order valence-electron chi connectivity index (χ2n) is 5.19. The van der Waals surface area contributed by atoms with Crippen LogP contribution in [0.25, 0.3) is 11.3 Å². The summed E-state index contributed by atoms with van der Waals surface area (Å²) in [5.74, 6) is -0.677. The van der Waals surface area contributed by atoms with Gasteiger partial charge in [-0.3, -0.25) is 9.48 Å². The molecule has 3 rings (SSSR count). The number of halogens is 1. The molecule has 1 N–H and O–H groups in total. The number of ether oxygens (including phenoxy) is 1. The summed E-state index contributed by atoms with van der Waals surface area (Å²) in [6.45, 7) is 2.30. The number of nitrogens with zero attached hydrogens (tertiary/aromatic N) is 4. The Morgan fingerprint density at radius 2 is 1.92 bits per heavy atom. The van der Waals surface area contributed by atoms with Crippen LogP contribution in [0.2, 0.25) is 0 Å². The lowest BCUT2D eigenvalue weighted by Crippen LogP contribution is -2.16. The van der Waals surface area contributed by atoms with Crippen molar-refractivity contribution >= 4 is 11.6 Å². The van der Waals surface area contributed by atoms with Gasteiger partial charge in [-0.15, -0.1) is 0 Å². The van der Waals surface area contributed by atoms with E-state index in [-0.39, 0.29) is 17.7 Å². The number of nitrogens with one attached hydrogen (secondary N) is 1. The highest BCUT2D eigenvalue weighted by atomic mass is 19.1. The van der Waals surface area contributed by atoms with Crippen molar-refractivity contribution in [2.24, 2.45) is 7.05 Å². The van der Waals surface area contributed by atoms with Gasteiger partial charge in [-0.1, -0.05) is 0 Å². The average Bonchev–Trinajstić information content (AvgIpc) is 2.99. The molecule has 0 bridgehead atoms. The first-order valence-corrected chi connectivity index (χ1v) is 7.63. The summed E-state index contributed by atoms with van der Waals surface area (Å²) >= 11 is 0. The smallest absolute Gasteiger partial charge is 0.316 e. The van der Waals surface area contributed by atoms with Gasteiger partial charge in [-0.2, -0.15) is 5.10 Å². The molecule has 3 aromatic rings. The van der Waals surface area contributed by atoms with E-state index in [1.165, 1.54) is 29.2 Å². The number of rotatable bonds is 5. The van der Waals surface area contributed by atoms with Crippen molar-refractivity contribution in [1.29, 1.82) is 0 Å². The van der Waals surface area contributed by atoms with Gasteiger partial charge in [-0.05, 0) is 37.3 Å². The maximum absolute atomic E-state index is 13.0. The number of amides is 1. The fourth-order valence-electron chi connectivity index (χ4n) is 2.22. The van der Waals surface area contributed by atoms with Crippen molar-refractivity contribution in [3.05, 3.63) is 54.2 Å². The van der Waals surface area contributed by atoms with Crippen LogP contribution in [0.1, 0.15) is 17.4 Å². The number of hydrogen-bond acceptors (Lipinski definition) is 5. The minimum atomic E-state index is -0.351. The minimum absolute atomic E-state index is 0.250. The molecule has 0 aliphatic heterocycles. The van der Waals surface area contributed by atoms with Gasteiger partial charge in [0, 0.05) is 12.6 Å². The van der Waals surface area contributed by atoms with E-state index in [9.17, 15) is 9.18 Å². The van der Waals surface area contributed by atoms with E-state index in [4.69, 9.17) is 4.74 Å². The Hall–Kier alpha value is -3.29. The highest BCUT2D eigenvalue weighted by molar-refractivity contribution is 6.03. The van der Waals surface area contributed by atoms with Crippen LogP contribution in [-0.4, -0.2) is 32.3 Å². The van der Waals surface area contributed by atoms with E-state index in [1.807, 2.05) is 6.92 Å². The van der Waals surface area contributed by atoms with E-state index in [0.717, 1.165) is 5.56 Å². The number of aromatic nitrogens is 4. The Bertz CT molecular complexity index is 875. The largest absolute Gasteiger partial charge is 0.464 e. The number of carbonyl (C=O) groups excluding carboxylic acids is 1. The molecule has 0 saturated heterocycles. The second-order valence-corrected chi connectivity index (χ2v) is 5.19. The number of benzene rings is 1. The summed E-state index contributed by atoms with van der Waals surface area (Å²) in [7, 11) is 1.66. The molecule has 1 amide bonds. The number of anilines is 1. The molecule has 2 aromatic heterocycles. The monoisotopic (exact) mass is 341 g/mol. The predicted molar refractivity (Wildman–Crippen MR) is 89.8 cm³/mol. The third-order valence-corrected chi connectivity index (χ3v) is 3.41. The van der Waals surface area contributed by atoms with Gasteiger partial charge < -0.3 is 10.1 Å². The molecule has 0 radical (unpaired) electrons. The minimum Gasteiger partial charge on any atom is -0.464 e. The summed E-state index contributed by atoms with van der Waals surface area (Å²) in [5.41, 5.74) is 2.10. The Kier molecular flexibility index (Phi) is 4.69. The van der Waals surface area contributed by atoms with Gasteiger partial charge in [0.05, 0.1) is 30.4 Å². The van der Waals surface area contributed by atoms with Gasteiger partial charge in [0.15, 0.2) is 0 Å². The van der Waals surface area contributed by atoms with Crippen LogP contribution < -0.4 is 10.1 Å². The van der Waals surface area contributed by atoms with E-state index in [0.29, 0.717) is 23.7 Å². The Morgan fingerprint density at radius 1 is 1.24 bits per heavy atom. The summed E-state index contributed by atoms with van der Waals surface area (Å²) in [4.78, 5) is 20.4. The Morgan fingerprint density at radius 3 is 2.56 bits per heavy atom. The normalized spacial score (nSPS) is 10.5. The van der Waals surface area contributed by atoms with E-state index < -0.39 is 0 Å². The Labute approximate surface area is 143 Å². The van der Waals surface area contributed by atoms with Crippen LogP contribution >= 0.6 is 0 Å². The molecule has 0 atom stereocenters. The van der Waals surface area contributed by atoms with Crippen LogP contribution in [0.15, 0.2) is 42.7 Å². The fourth-order valence-corrected chi connectivity index (χ4v) is 2.22. The van der Waals surface area contributed by atoms with Crippen molar-refractivity contribution in [3.63, 3.8) is 0 Å². The lowest BCUT2D eigenvalue weighted by atomic mass is 10.1. The molecular formula is C17H16FN5O2. The first-order valence-electron chi connectivity index (χ1n) is 7.63. The molecule has 0 unspecified atom stereocenters. The van der Waals surface area contributed by atoms with Crippen molar-refractivity contribution in [2.45, 2.75) is 6.92 Å². The first-order chi connectivity index (χ1) is 12.1. The van der Waals surface area contributed by atoms with E-state index in [2.05, 4.69) is 20.4 Å². The molecule has 0 spiro atoms. The quantitative estimate of drug-likeness (QED) is 0.771. The summed E-state index contributed by atoms with van der Waals surface area (Å²) in [6, 6.07) is 7.80. The molecule has 8 heteroatoms. The highest BCUT2D eigenvalue weighted by Crippen LogP contribution is 2.20. The standard InChI is InChI=1S/C17H16FN5O2/c1-3-25-17-19-9-13(10-20-17)21-16(24)15-8-14(22-23(15)2)11-4-6-12(18)7-5-11/h4-10H,3H2,1-2H3,(H,21,24). The van der Waals surface area contributed by atoms with Crippen molar-refractivity contribution in [1.82, 2.24) is 19.7 Å². The molecule has 1 aromatic carbocycles. The maximum atomic E-state index is 13.0. The summed E-state index contributed by atoms with van der Waals surface area (Å²) in [6.07, 6.45) is 2.93. The lowest BCUT2D eigenvalue weighted by molar-refractivity contribution is 0.101. The molecule has 128 valence electrons. The van der Waals surface area contributed by atoms with Gasteiger partial charge in [0.2, 0.25) is 0 Å². The molecule has 0 aliphatic rings. The number of aryl methyl sites for hydroxylation is 1. The molecule has 0 aliphatic carbocycles. The molecule has 0 saturated carbocycles. The van der Waals surface area contributed by atoms with Gasteiger partial charge >= 0.3 is 6.01 Å². The van der Waals surface area contributed by atoms with E-state index in [1.54, 1.807) is 25.2 Å². The van der Waals surface area contributed by atoms with Crippen LogP contribution in [0.5, 0.6) is 6.01 Å². The van der Waals surface area contributed by atoms with Crippen molar-refractivity contribution in [2.75, 3.05) is 11.9 Å². The topological polar surface area (TPSA) is 81.9 Å². The fraction of sp³-hybridized carbons (Fsp3) is 0.176. The summed E-state index contributed by atoms with van der Waals surface area (Å²) < 4.78 is 19.6. The highest BCUT2D eigenvalue weighted by Gasteiger charge is 2.15. The van der Waals surface area contributed by atoms with Crippen LogP contribution in [0.3, 0.4) is 0 Å². The van der Waals surface area contributed by atoms with Crippen molar-refractivity contribution < 1.29 is 13.9 Å². The molecule has 25 heavy (non-hydrogen) atoms. The first kappa shape index (κ1) is 16.6. The van der Waals surface area contributed by atoms with Crippen LogP contribution in [0.4, 0.5) is 10.1 Å². The molecule has 2 heterocycles. The lowest BCUT2D eigenvalue weighted by Gasteiger charge is -2.05. The van der Waals surface area contributed by atoms with Gasteiger partial charge in [0.25, 0.3) is 5.91 Å². The molecule has 0 fully saturated rings. The average molecular weight is 341 g/mol.